The first-order chi connectivity index (χ1) is 11.8. The minimum absolute atomic E-state index is 0.459. The Morgan fingerprint density at radius 1 is 0.958 bits per heavy atom. The van der Waals surface area contributed by atoms with Gasteiger partial charge in [-0.3, -0.25) is 0 Å². The van der Waals surface area contributed by atoms with Crippen LogP contribution in [0.25, 0.3) is 11.1 Å². The number of fused-ring (bicyclic) bond motifs is 1. The molecule has 5 heteroatoms. The van der Waals surface area contributed by atoms with Crippen LogP contribution >= 0.6 is 11.6 Å². The van der Waals surface area contributed by atoms with E-state index in [1.54, 1.807) is 0 Å². The lowest BCUT2D eigenvalue weighted by molar-refractivity contribution is 0.307. The summed E-state index contributed by atoms with van der Waals surface area (Å²) in [5.74, 6) is 0.706. The first-order valence-electron chi connectivity index (χ1n) is 7.51. The van der Waals surface area contributed by atoms with Gasteiger partial charge >= 0.3 is 0 Å². The van der Waals surface area contributed by atoms with Crippen molar-refractivity contribution in [1.29, 1.82) is 0 Å². The van der Waals surface area contributed by atoms with Crippen molar-refractivity contribution in [3.8, 4) is 16.9 Å². The lowest BCUT2D eigenvalue weighted by Gasteiger charge is -2.13. The van der Waals surface area contributed by atoms with Crippen molar-refractivity contribution in [1.82, 2.24) is 0 Å². The number of halogens is 1. The van der Waals surface area contributed by atoms with E-state index >= 15 is 0 Å². The Morgan fingerprint density at radius 3 is 2.58 bits per heavy atom. The van der Waals surface area contributed by atoms with Gasteiger partial charge in [0.15, 0.2) is 0 Å². The predicted molar refractivity (Wildman–Crippen MR) is 95.6 cm³/mol. The number of hydrogen-bond donors (Lipinski definition) is 0. The van der Waals surface area contributed by atoms with Crippen LogP contribution in [0.15, 0.2) is 72.0 Å². The van der Waals surface area contributed by atoms with E-state index in [1.165, 1.54) is 5.01 Å². The largest absolute Gasteiger partial charge is 0.488 e. The zero-order chi connectivity index (χ0) is 16.5. The monoisotopic (exact) mass is 336 g/mol. The normalized spacial score (nSPS) is 11.8. The van der Waals surface area contributed by atoms with Crippen LogP contribution in [0.2, 0.25) is 5.02 Å². The molecule has 3 aromatic carbocycles. The lowest BCUT2D eigenvalue weighted by Crippen LogP contribution is -1.97. The molecule has 0 spiro atoms. The first-order valence-corrected chi connectivity index (χ1v) is 7.89. The fourth-order valence-electron chi connectivity index (χ4n) is 2.72. The Bertz CT molecular complexity index is 912. The Labute approximate surface area is 144 Å². The molecule has 0 saturated carbocycles. The van der Waals surface area contributed by atoms with Crippen LogP contribution in [0, 0.1) is 4.91 Å². The van der Waals surface area contributed by atoms with E-state index in [0.717, 1.165) is 28.1 Å². The summed E-state index contributed by atoms with van der Waals surface area (Å²) < 4.78 is 5.99. The number of anilines is 2. The molecule has 24 heavy (non-hydrogen) atoms. The Kier molecular flexibility index (Phi) is 3.67. The molecule has 0 unspecified atom stereocenters. The van der Waals surface area contributed by atoms with Crippen LogP contribution in [-0.4, -0.2) is 0 Å². The summed E-state index contributed by atoms with van der Waals surface area (Å²) >= 11 is 6.41. The molecule has 0 aromatic heterocycles. The number of hydrogen-bond acceptors (Lipinski definition) is 3. The van der Waals surface area contributed by atoms with Gasteiger partial charge < -0.3 is 4.74 Å². The maximum Gasteiger partial charge on any atom is 0.129 e. The first kappa shape index (κ1) is 14.7. The van der Waals surface area contributed by atoms with Gasteiger partial charge in [0.1, 0.15) is 12.4 Å². The Balaban J connectivity index is 1.66. The fraction of sp³-hybridized carbons (Fsp3) is 0.0526. The quantitative estimate of drug-likeness (QED) is 0.442. The standard InChI is InChI=1S/C19H13ClN2O2/c20-15-7-4-8-18(24-12-13-5-2-1-3-6-13)19(15)14-9-10-16-17(11-14)22(16)21-23/h1-11H,12H2. The third-order valence-corrected chi connectivity index (χ3v) is 4.28. The summed E-state index contributed by atoms with van der Waals surface area (Å²) in [4.78, 5) is 10.7. The van der Waals surface area contributed by atoms with Gasteiger partial charge in [-0.1, -0.05) is 54.1 Å². The molecule has 4 nitrogen and oxygen atoms in total. The van der Waals surface area contributed by atoms with Crippen LogP contribution in [0.5, 0.6) is 5.75 Å². The van der Waals surface area contributed by atoms with E-state index in [1.807, 2.05) is 66.7 Å². The van der Waals surface area contributed by atoms with Crippen LogP contribution in [-0.2, 0) is 6.61 Å². The minimum Gasteiger partial charge on any atom is -0.488 e. The summed E-state index contributed by atoms with van der Waals surface area (Å²) in [5.41, 5.74) is 4.42. The summed E-state index contributed by atoms with van der Waals surface area (Å²) in [5, 5.41) is 4.90. The molecular weight excluding hydrogens is 324 g/mol. The molecule has 118 valence electrons. The highest BCUT2D eigenvalue weighted by molar-refractivity contribution is 6.33. The highest BCUT2D eigenvalue weighted by Crippen LogP contribution is 2.51. The third-order valence-electron chi connectivity index (χ3n) is 3.96. The SMILES string of the molecule is O=NN1c2ccc(-c3c(Cl)cccc3OCc3ccccc3)cc21. The second kappa shape index (κ2) is 5.98. The van der Waals surface area contributed by atoms with Gasteiger partial charge in [-0.15, -0.1) is 4.91 Å². The van der Waals surface area contributed by atoms with Crippen molar-refractivity contribution in [3.63, 3.8) is 0 Å². The van der Waals surface area contributed by atoms with Gasteiger partial charge in [-0.25, -0.2) is 0 Å². The van der Waals surface area contributed by atoms with E-state index in [4.69, 9.17) is 16.3 Å². The molecule has 0 atom stereocenters. The maximum atomic E-state index is 10.7. The van der Waals surface area contributed by atoms with Crippen LogP contribution in [0.1, 0.15) is 5.56 Å². The Morgan fingerprint density at radius 2 is 1.79 bits per heavy atom. The van der Waals surface area contributed by atoms with Crippen molar-refractivity contribution < 1.29 is 4.74 Å². The van der Waals surface area contributed by atoms with Crippen molar-refractivity contribution >= 4 is 23.0 Å². The second-order valence-electron chi connectivity index (χ2n) is 5.48. The fourth-order valence-corrected chi connectivity index (χ4v) is 3.00. The number of nitrogens with zero attached hydrogens (tertiary/aromatic N) is 2. The zero-order valence-electron chi connectivity index (χ0n) is 12.6. The molecule has 0 aliphatic carbocycles. The highest BCUT2D eigenvalue weighted by atomic mass is 35.5. The van der Waals surface area contributed by atoms with Crippen LogP contribution in [0.4, 0.5) is 11.4 Å². The van der Waals surface area contributed by atoms with Crippen molar-refractivity contribution in [2.75, 3.05) is 5.01 Å². The molecule has 0 fully saturated rings. The number of nitroso groups, excluding NO2 is 1. The molecule has 1 heterocycles. The molecule has 4 rings (SSSR count). The van der Waals surface area contributed by atoms with Gasteiger partial charge in [-0.2, -0.15) is 5.01 Å². The highest BCUT2D eigenvalue weighted by Gasteiger charge is 2.31. The van der Waals surface area contributed by atoms with Crippen LogP contribution in [0.3, 0.4) is 0 Å². The summed E-state index contributed by atoms with van der Waals surface area (Å²) in [6.45, 7) is 0.459. The summed E-state index contributed by atoms with van der Waals surface area (Å²) in [6, 6.07) is 21.2. The van der Waals surface area contributed by atoms with Crippen molar-refractivity contribution in [2.24, 2.45) is 5.29 Å². The molecule has 3 aromatic rings. The molecule has 0 radical (unpaired) electrons. The van der Waals surface area contributed by atoms with E-state index in [0.29, 0.717) is 17.4 Å². The molecular formula is C19H13ClN2O2. The molecule has 0 saturated heterocycles. The zero-order valence-corrected chi connectivity index (χ0v) is 13.4. The maximum absolute atomic E-state index is 10.7. The minimum atomic E-state index is 0.459. The van der Waals surface area contributed by atoms with Crippen molar-refractivity contribution in [2.45, 2.75) is 6.61 Å². The summed E-state index contributed by atoms with van der Waals surface area (Å²) in [6.07, 6.45) is 0. The van der Waals surface area contributed by atoms with Gasteiger partial charge in [-0.05, 0) is 35.4 Å². The average molecular weight is 337 g/mol. The van der Waals surface area contributed by atoms with Gasteiger partial charge in [0.2, 0.25) is 0 Å². The molecule has 0 bridgehead atoms. The second-order valence-corrected chi connectivity index (χ2v) is 5.89. The van der Waals surface area contributed by atoms with Crippen LogP contribution < -0.4 is 9.75 Å². The van der Waals surface area contributed by atoms with Gasteiger partial charge in [0.25, 0.3) is 0 Å². The molecule has 1 aliphatic heterocycles. The summed E-state index contributed by atoms with van der Waals surface area (Å²) in [7, 11) is 0. The third kappa shape index (κ3) is 2.61. The van der Waals surface area contributed by atoms with Gasteiger partial charge in [0.05, 0.1) is 21.7 Å². The van der Waals surface area contributed by atoms with E-state index in [9.17, 15) is 4.91 Å². The average Bonchev–Trinajstić information content (AvgIpc) is 3.33. The van der Waals surface area contributed by atoms with Gasteiger partial charge in [0, 0.05) is 5.56 Å². The van der Waals surface area contributed by atoms with E-state index in [-0.39, 0.29) is 0 Å². The van der Waals surface area contributed by atoms with Crippen molar-refractivity contribution in [3.05, 3.63) is 82.2 Å². The predicted octanol–water partition coefficient (Wildman–Crippen LogP) is 5.72. The number of benzene rings is 3. The molecule has 0 amide bonds. The smallest absolute Gasteiger partial charge is 0.129 e. The Hall–Kier alpha value is -2.85. The number of rotatable bonds is 5. The number of ether oxygens (including phenoxy) is 1. The topological polar surface area (TPSA) is 41.7 Å². The molecule has 0 N–H and O–H groups in total. The van der Waals surface area contributed by atoms with E-state index in [2.05, 4.69) is 5.29 Å². The van der Waals surface area contributed by atoms with E-state index < -0.39 is 0 Å². The molecule has 1 aliphatic rings. The lowest BCUT2D eigenvalue weighted by atomic mass is 10.0.